The first-order valence-corrected chi connectivity index (χ1v) is 10.7. The van der Waals surface area contributed by atoms with Crippen LogP contribution in [0.5, 0.6) is 0 Å². The zero-order valence-corrected chi connectivity index (χ0v) is 19.0. The second kappa shape index (κ2) is 9.62. The van der Waals surface area contributed by atoms with E-state index in [9.17, 15) is 0 Å². The highest BCUT2D eigenvalue weighted by Crippen LogP contribution is 2.26. The van der Waals surface area contributed by atoms with Gasteiger partial charge in [0.2, 0.25) is 0 Å². The van der Waals surface area contributed by atoms with E-state index in [1.54, 1.807) is 0 Å². The van der Waals surface area contributed by atoms with Gasteiger partial charge >= 0.3 is 0 Å². The molecule has 3 nitrogen and oxygen atoms in total. The second-order valence-corrected chi connectivity index (χ2v) is 7.71. The quantitative estimate of drug-likeness (QED) is 0.400. The van der Waals surface area contributed by atoms with Gasteiger partial charge in [0.15, 0.2) is 0 Å². The molecule has 1 heterocycles. The SMILES string of the molecule is CCC(=Nc1c(C)cccc1C)c1cccc(C(CC)=Nc2c(C)cccc2C)n1. The van der Waals surface area contributed by atoms with E-state index in [2.05, 4.69) is 84.0 Å². The summed E-state index contributed by atoms with van der Waals surface area (Å²) in [5.74, 6) is 0. The van der Waals surface area contributed by atoms with E-state index >= 15 is 0 Å². The number of hydrogen-bond donors (Lipinski definition) is 0. The Morgan fingerprint density at radius 1 is 0.600 bits per heavy atom. The number of pyridine rings is 1. The van der Waals surface area contributed by atoms with E-state index < -0.39 is 0 Å². The standard InChI is InChI=1S/C27H31N3/c1-7-22(29-26-18(3)12-9-13-19(26)4)24-16-11-17-25(28-24)23(8-2)30-27-20(5)14-10-15-21(27)6/h9-17H,7-8H2,1-6H3. The fraction of sp³-hybridized carbons (Fsp3) is 0.296. The van der Waals surface area contributed by atoms with Crippen molar-refractivity contribution >= 4 is 22.8 Å². The van der Waals surface area contributed by atoms with Crippen LogP contribution in [0.15, 0.2) is 64.6 Å². The van der Waals surface area contributed by atoms with E-state index in [1.165, 1.54) is 22.3 Å². The molecular weight excluding hydrogens is 366 g/mol. The van der Waals surface area contributed by atoms with E-state index in [-0.39, 0.29) is 0 Å². The lowest BCUT2D eigenvalue weighted by molar-refractivity contribution is 1.15. The molecule has 0 saturated carbocycles. The van der Waals surface area contributed by atoms with Gasteiger partial charge in [-0.15, -0.1) is 0 Å². The topological polar surface area (TPSA) is 37.6 Å². The molecule has 0 unspecified atom stereocenters. The predicted octanol–water partition coefficient (Wildman–Crippen LogP) is 7.38. The molecule has 0 N–H and O–H groups in total. The first-order valence-electron chi connectivity index (χ1n) is 10.7. The molecule has 0 amide bonds. The molecular formula is C27H31N3. The van der Waals surface area contributed by atoms with Crippen molar-refractivity contribution in [1.82, 2.24) is 4.98 Å². The van der Waals surface area contributed by atoms with Gasteiger partial charge in [0, 0.05) is 0 Å². The van der Waals surface area contributed by atoms with Gasteiger partial charge in [-0.1, -0.05) is 56.3 Å². The summed E-state index contributed by atoms with van der Waals surface area (Å²) < 4.78 is 0. The van der Waals surface area contributed by atoms with Gasteiger partial charge in [-0.25, -0.2) is 4.98 Å². The lowest BCUT2D eigenvalue weighted by Crippen LogP contribution is -2.09. The molecule has 0 fully saturated rings. The molecule has 0 aliphatic heterocycles. The van der Waals surface area contributed by atoms with Gasteiger partial charge in [0.25, 0.3) is 0 Å². The van der Waals surface area contributed by atoms with Crippen LogP contribution in [0.2, 0.25) is 0 Å². The van der Waals surface area contributed by atoms with Crippen LogP contribution in [-0.2, 0) is 0 Å². The van der Waals surface area contributed by atoms with Crippen LogP contribution >= 0.6 is 0 Å². The molecule has 1 aromatic heterocycles. The Morgan fingerprint density at radius 3 is 1.27 bits per heavy atom. The summed E-state index contributed by atoms with van der Waals surface area (Å²) in [4.78, 5) is 15.0. The predicted molar refractivity (Wildman–Crippen MR) is 129 cm³/mol. The Morgan fingerprint density at radius 2 is 0.933 bits per heavy atom. The summed E-state index contributed by atoms with van der Waals surface area (Å²) in [7, 11) is 0. The van der Waals surface area contributed by atoms with Crippen molar-refractivity contribution in [3.8, 4) is 0 Å². The molecule has 0 spiro atoms. The summed E-state index contributed by atoms with van der Waals surface area (Å²) in [6, 6.07) is 18.7. The lowest BCUT2D eigenvalue weighted by Gasteiger charge is -2.11. The monoisotopic (exact) mass is 397 g/mol. The minimum absolute atomic E-state index is 0.819. The highest BCUT2D eigenvalue weighted by atomic mass is 14.8. The zero-order valence-electron chi connectivity index (χ0n) is 19.0. The van der Waals surface area contributed by atoms with Crippen LogP contribution in [-0.4, -0.2) is 16.4 Å². The van der Waals surface area contributed by atoms with Crippen LogP contribution in [0.25, 0.3) is 0 Å². The summed E-state index contributed by atoms with van der Waals surface area (Å²) in [6.07, 6.45) is 1.64. The van der Waals surface area contributed by atoms with E-state index in [0.717, 1.165) is 47.0 Å². The highest BCUT2D eigenvalue weighted by Gasteiger charge is 2.11. The smallest absolute Gasteiger partial charge is 0.0852 e. The first-order chi connectivity index (χ1) is 14.4. The molecule has 0 aliphatic rings. The van der Waals surface area contributed by atoms with E-state index in [4.69, 9.17) is 15.0 Å². The van der Waals surface area contributed by atoms with Gasteiger partial charge in [-0.05, 0) is 74.9 Å². The molecule has 0 saturated heterocycles. The third kappa shape index (κ3) is 4.73. The third-order valence-corrected chi connectivity index (χ3v) is 5.38. The largest absolute Gasteiger partial charge is 0.251 e. The lowest BCUT2D eigenvalue weighted by atomic mass is 10.1. The van der Waals surface area contributed by atoms with Gasteiger partial charge in [0.1, 0.15) is 0 Å². The molecule has 3 aromatic rings. The number of rotatable bonds is 6. The van der Waals surface area contributed by atoms with E-state index in [1.807, 2.05) is 12.1 Å². The van der Waals surface area contributed by atoms with Gasteiger partial charge in [-0.3, -0.25) is 9.98 Å². The Labute approximate surface area is 180 Å². The number of benzene rings is 2. The zero-order chi connectivity index (χ0) is 21.7. The van der Waals surface area contributed by atoms with Crippen LogP contribution in [0.3, 0.4) is 0 Å². The number of aliphatic imine (C=N–C) groups is 2. The molecule has 0 bridgehead atoms. The molecule has 0 atom stereocenters. The maximum atomic E-state index is 5.00. The summed E-state index contributed by atoms with van der Waals surface area (Å²) in [5.41, 5.74) is 10.6. The van der Waals surface area contributed by atoms with Crippen molar-refractivity contribution in [3.63, 3.8) is 0 Å². The molecule has 0 radical (unpaired) electrons. The molecule has 2 aromatic carbocycles. The second-order valence-electron chi connectivity index (χ2n) is 7.71. The number of aryl methyl sites for hydroxylation is 4. The van der Waals surface area contributed by atoms with Crippen LogP contribution < -0.4 is 0 Å². The molecule has 3 rings (SSSR count). The normalized spacial score (nSPS) is 12.3. The van der Waals surface area contributed by atoms with Gasteiger partial charge in [0.05, 0.1) is 34.2 Å². The fourth-order valence-electron chi connectivity index (χ4n) is 3.62. The number of nitrogens with zero attached hydrogens (tertiary/aromatic N) is 3. The Hall–Kier alpha value is -3.07. The maximum absolute atomic E-state index is 5.00. The van der Waals surface area contributed by atoms with Crippen LogP contribution in [0.4, 0.5) is 11.4 Å². The molecule has 0 aliphatic carbocycles. The minimum atomic E-state index is 0.819. The van der Waals surface area contributed by atoms with E-state index in [0.29, 0.717) is 0 Å². The highest BCUT2D eigenvalue weighted by molar-refractivity contribution is 6.04. The Kier molecular flexibility index (Phi) is 6.94. The Balaban J connectivity index is 2.06. The average Bonchev–Trinajstić information content (AvgIpc) is 2.74. The maximum Gasteiger partial charge on any atom is 0.0852 e. The van der Waals surface area contributed by atoms with Crippen molar-refractivity contribution in [2.75, 3.05) is 0 Å². The number of para-hydroxylation sites is 2. The Bertz CT molecular complexity index is 982. The summed E-state index contributed by atoms with van der Waals surface area (Å²) in [5, 5.41) is 0. The first kappa shape index (κ1) is 21.6. The minimum Gasteiger partial charge on any atom is -0.251 e. The van der Waals surface area contributed by atoms with Crippen molar-refractivity contribution in [3.05, 3.63) is 88.2 Å². The summed E-state index contributed by atoms with van der Waals surface area (Å²) >= 11 is 0. The van der Waals surface area contributed by atoms with Gasteiger partial charge in [-0.2, -0.15) is 0 Å². The van der Waals surface area contributed by atoms with Crippen molar-refractivity contribution in [2.45, 2.75) is 54.4 Å². The van der Waals surface area contributed by atoms with Crippen molar-refractivity contribution in [2.24, 2.45) is 9.98 Å². The molecule has 30 heavy (non-hydrogen) atoms. The van der Waals surface area contributed by atoms with Crippen molar-refractivity contribution in [1.29, 1.82) is 0 Å². The average molecular weight is 398 g/mol. The van der Waals surface area contributed by atoms with Crippen LogP contribution in [0.1, 0.15) is 60.3 Å². The molecule has 3 heteroatoms. The van der Waals surface area contributed by atoms with Crippen LogP contribution in [0, 0.1) is 27.7 Å². The van der Waals surface area contributed by atoms with Gasteiger partial charge < -0.3 is 0 Å². The fourth-order valence-corrected chi connectivity index (χ4v) is 3.62. The number of aromatic nitrogens is 1. The summed E-state index contributed by atoms with van der Waals surface area (Å²) in [6.45, 7) is 12.7. The van der Waals surface area contributed by atoms with Crippen molar-refractivity contribution < 1.29 is 0 Å². The number of hydrogen-bond acceptors (Lipinski definition) is 3. The third-order valence-electron chi connectivity index (χ3n) is 5.38. The molecule has 154 valence electrons.